The Balaban J connectivity index is 2.77. The average molecular weight is 234 g/mol. The van der Waals surface area contributed by atoms with E-state index in [0.29, 0.717) is 6.42 Å². The Labute approximate surface area is 102 Å². The van der Waals surface area contributed by atoms with E-state index in [4.69, 9.17) is 10.6 Å². The smallest absolute Gasteiger partial charge is 0.263 e. The number of carbonyl (C=O) groups excluding carboxylic acids is 1. The van der Waals surface area contributed by atoms with Gasteiger partial charge in [0.25, 0.3) is 5.91 Å². The van der Waals surface area contributed by atoms with Crippen molar-refractivity contribution in [3.05, 3.63) is 42.0 Å². The van der Waals surface area contributed by atoms with E-state index in [2.05, 4.69) is 6.58 Å². The molecule has 0 aliphatic heterocycles. The number of benzene rings is 1. The highest BCUT2D eigenvalue weighted by atomic mass is 16.7. The zero-order chi connectivity index (χ0) is 12.8. The van der Waals surface area contributed by atoms with Gasteiger partial charge in [-0.1, -0.05) is 36.9 Å². The van der Waals surface area contributed by atoms with Crippen molar-refractivity contribution in [2.75, 3.05) is 14.2 Å². The third-order valence-electron chi connectivity index (χ3n) is 2.62. The molecule has 1 aromatic carbocycles. The summed E-state index contributed by atoms with van der Waals surface area (Å²) in [6.45, 7) is 3.73. The Morgan fingerprint density at radius 3 is 2.82 bits per heavy atom. The highest BCUT2D eigenvalue weighted by molar-refractivity contribution is 5.81. The number of carbonyl (C=O) groups is 1. The van der Waals surface area contributed by atoms with Crippen LogP contribution in [0, 0.1) is 0 Å². The molecule has 1 rings (SSSR count). The van der Waals surface area contributed by atoms with Gasteiger partial charge in [0.05, 0.1) is 13.2 Å². The molecular formula is C13H18N2O2. The Kier molecular flexibility index (Phi) is 4.87. The first-order valence-electron chi connectivity index (χ1n) is 5.37. The van der Waals surface area contributed by atoms with Crippen molar-refractivity contribution in [2.45, 2.75) is 12.5 Å². The van der Waals surface area contributed by atoms with E-state index in [9.17, 15) is 4.79 Å². The molecule has 0 saturated carbocycles. The number of likely N-dealkylation sites (N-methyl/N-ethyl adjacent to an activating group) is 1. The second-order valence-corrected chi connectivity index (χ2v) is 3.73. The van der Waals surface area contributed by atoms with Crippen LogP contribution < -0.4 is 5.73 Å². The van der Waals surface area contributed by atoms with Gasteiger partial charge in [0, 0.05) is 7.05 Å². The third-order valence-corrected chi connectivity index (χ3v) is 2.62. The molecule has 0 heterocycles. The lowest BCUT2D eigenvalue weighted by molar-refractivity contribution is -0.170. The van der Waals surface area contributed by atoms with Gasteiger partial charge in [-0.3, -0.25) is 9.63 Å². The number of nitrogens with two attached hydrogens (primary N) is 1. The second-order valence-electron chi connectivity index (χ2n) is 3.73. The molecule has 0 saturated heterocycles. The minimum Gasteiger partial charge on any atom is -0.320 e. The van der Waals surface area contributed by atoms with Gasteiger partial charge in [0.1, 0.15) is 0 Å². The molecule has 0 bridgehead atoms. The lowest BCUT2D eigenvalue weighted by atomic mass is 10.0. The standard InChI is InChI=1S/C13H18N2O2/c1-4-10-7-5-6-8-11(10)9-12(14)13(16)15(2)17-3/h4-8,12H,1,9,14H2,2-3H3/t12-/m0/s1. The summed E-state index contributed by atoms with van der Waals surface area (Å²) in [5.74, 6) is -0.244. The summed E-state index contributed by atoms with van der Waals surface area (Å²) >= 11 is 0. The van der Waals surface area contributed by atoms with Gasteiger partial charge in [-0.15, -0.1) is 0 Å². The second kappa shape index (κ2) is 6.18. The van der Waals surface area contributed by atoms with E-state index in [0.717, 1.165) is 16.2 Å². The number of amides is 1. The van der Waals surface area contributed by atoms with Crippen LogP contribution in [0.1, 0.15) is 11.1 Å². The predicted molar refractivity (Wildman–Crippen MR) is 68.0 cm³/mol. The monoisotopic (exact) mass is 234 g/mol. The molecule has 2 N–H and O–H groups in total. The number of rotatable bonds is 5. The summed E-state index contributed by atoms with van der Waals surface area (Å²) in [5.41, 5.74) is 7.85. The molecule has 0 fully saturated rings. The summed E-state index contributed by atoms with van der Waals surface area (Å²) in [6.07, 6.45) is 2.22. The first kappa shape index (κ1) is 13.4. The van der Waals surface area contributed by atoms with E-state index in [-0.39, 0.29) is 5.91 Å². The van der Waals surface area contributed by atoms with Crippen molar-refractivity contribution in [1.29, 1.82) is 0 Å². The summed E-state index contributed by atoms with van der Waals surface area (Å²) < 4.78 is 0. The quantitative estimate of drug-likeness (QED) is 0.779. The van der Waals surface area contributed by atoms with Crippen molar-refractivity contribution in [2.24, 2.45) is 5.73 Å². The zero-order valence-electron chi connectivity index (χ0n) is 10.2. The molecule has 0 aliphatic rings. The molecule has 17 heavy (non-hydrogen) atoms. The molecule has 1 aromatic rings. The van der Waals surface area contributed by atoms with Crippen LogP contribution in [0.4, 0.5) is 0 Å². The fourth-order valence-electron chi connectivity index (χ4n) is 1.57. The fourth-order valence-corrected chi connectivity index (χ4v) is 1.57. The summed E-state index contributed by atoms with van der Waals surface area (Å²) in [4.78, 5) is 16.5. The Bertz CT molecular complexity index is 404. The van der Waals surface area contributed by atoms with Crippen LogP contribution in [0.25, 0.3) is 6.08 Å². The molecule has 1 atom stereocenters. The lowest BCUT2D eigenvalue weighted by Gasteiger charge is -2.19. The SMILES string of the molecule is C=Cc1ccccc1C[C@H](N)C(=O)N(C)OC. The van der Waals surface area contributed by atoms with Crippen LogP contribution in [0.3, 0.4) is 0 Å². The Hall–Kier alpha value is -1.65. The van der Waals surface area contributed by atoms with Crippen LogP contribution in [0.2, 0.25) is 0 Å². The van der Waals surface area contributed by atoms with E-state index in [1.807, 2.05) is 24.3 Å². The van der Waals surface area contributed by atoms with Crippen molar-refractivity contribution < 1.29 is 9.63 Å². The molecular weight excluding hydrogens is 216 g/mol. The summed E-state index contributed by atoms with van der Waals surface area (Å²) in [7, 11) is 2.98. The highest BCUT2D eigenvalue weighted by Crippen LogP contribution is 2.12. The van der Waals surface area contributed by atoms with Gasteiger partial charge in [-0.25, -0.2) is 5.06 Å². The van der Waals surface area contributed by atoms with Gasteiger partial charge >= 0.3 is 0 Å². The number of hydrogen-bond acceptors (Lipinski definition) is 3. The first-order chi connectivity index (χ1) is 8.10. The van der Waals surface area contributed by atoms with Crippen molar-refractivity contribution in [1.82, 2.24) is 5.06 Å². The van der Waals surface area contributed by atoms with Crippen LogP contribution >= 0.6 is 0 Å². The fraction of sp³-hybridized carbons (Fsp3) is 0.308. The molecule has 4 heteroatoms. The molecule has 0 radical (unpaired) electrons. The lowest BCUT2D eigenvalue weighted by Crippen LogP contribution is -2.42. The predicted octanol–water partition coefficient (Wildman–Crippen LogP) is 1.22. The molecule has 0 aliphatic carbocycles. The van der Waals surface area contributed by atoms with Crippen molar-refractivity contribution in [3.63, 3.8) is 0 Å². The highest BCUT2D eigenvalue weighted by Gasteiger charge is 2.19. The maximum atomic E-state index is 11.7. The van der Waals surface area contributed by atoms with Crippen LogP contribution in [0.15, 0.2) is 30.8 Å². The van der Waals surface area contributed by atoms with Crippen molar-refractivity contribution >= 4 is 12.0 Å². The molecule has 0 spiro atoms. The largest absolute Gasteiger partial charge is 0.320 e. The van der Waals surface area contributed by atoms with Crippen molar-refractivity contribution in [3.8, 4) is 0 Å². The maximum Gasteiger partial charge on any atom is 0.263 e. The van der Waals surface area contributed by atoms with Crippen LogP contribution in [-0.4, -0.2) is 31.2 Å². The average Bonchev–Trinajstić information content (AvgIpc) is 2.37. The summed E-state index contributed by atoms with van der Waals surface area (Å²) in [5, 5.41) is 1.14. The number of hydroxylamine groups is 2. The maximum absolute atomic E-state index is 11.7. The van der Waals surface area contributed by atoms with Gasteiger partial charge in [0.2, 0.25) is 0 Å². The van der Waals surface area contributed by atoms with E-state index < -0.39 is 6.04 Å². The molecule has 0 unspecified atom stereocenters. The van der Waals surface area contributed by atoms with Gasteiger partial charge < -0.3 is 5.73 Å². The third kappa shape index (κ3) is 3.41. The normalized spacial score (nSPS) is 11.9. The Morgan fingerprint density at radius 1 is 1.59 bits per heavy atom. The minimum atomic E-state index is -0.610. The molecule has 4 nitrogen and oxygen atoms in total. The van der Waals surface area contributed by atoms with E-state index >= 15 is 0 Å². The molecule has 1 amide bonds. The van der Waals surface area contributed by atoms with Crippen LogP contribution in [-0.2, 0) is 16.1 Å². The number of hydrogen-bond donors (Lipinski definition) is 1. The number of nitrogens with zero attached hydrogens (tertiary/aromatic N) is 1. The Morgan fingerprint density at radius 2 is 2.24 bits per heavy atom. The topological polar surface area (TPSA) is 55.6 Å². The van der Waals surface area contributed by atoms with Gasteiger partial charge in [-0.05, 0) is 17.5 Å². The van der Waals surface area contributed by atoms with E-state index in [1.165, 1.54) is 7.11 Å². The summed E-state index contributed by atoms with van der Waals surface area (Å²) in [6, 6.07) is 7.12. The molecule has 92 valence electrons. The van der Waals surface area contributed by atoms with E-state index in [1.54, 1.807) is 13.1 Å². The minimum absolute atomic E-state index is 0.244. The molecule has 0 aromatic heterocycles. The van der Waals surface area contributed by atoms with Gasteiger partial charge in [-0.2, -0.15) is 0 Å². The van der Waals surface area contributed by atoms with Gasteiger partial charge in [0.15, 0.2) is 0 Å². The van der Waals surface area contributed by atoms with Crippen LogP contribution in [0.5, 0.6) is 0 Å². The zero-order valence-corrected chi connectivity index (χ0v) is 10.2. The first-order valence-corrected chi connectivity index (χ1v) is 5.37.